The largest absolute Gasteiger partial charge is 0.393 e. The Hall–Kier alpha value is -0.200. The monoisotopic (exact) mass is 342 g/mol. The smallest absolute Gasteiger partial charge is 0.106 e. The van der Waals surface area contributed by atoms with Crippen molar-refractivity contribution in [3.63, 3.8) is 0 Å². The van der Waals surface area contributed by atoms with Gasteiger partial charge in [-0.05, 0) is 38.6 Å². The van der Waals surface area contributed by atoms with Crippen LogP contribution in [0.1, 0.15) is 47.0 Å². The molecule has 0 amide bonds. The van der Waals surface area contributed by atoms with Crippen molar-refractivity contribution in [1.29, 1.82) is 0 Å². The molecule has 24 heavy (non-hydrogen) atoms. The van der Waals surface area contributed by atoms with E-state index in [2.05, 4.69) is 18.9 Å². The van der Waals surface area contributed by atoms with Gasteiger partial charge < -0.3 is 15.1 Å². The van der Waals surface area contributed by atoms with Gasteiger partial charge in [0.15, 0.2) is 0 Å². The van der Waals surface area contributed by atoms with Crippen molar-refractivity contribution < 1.29 is 15.1 Å². The van der Waals surface area contributed by atoms with E-state index in [-0.39, 0.29) is 18.3 Å². The Balaban J connectivity index is 0.00000100. The van der Waals surface area contributed by atoms with Crippen LogP contribution in [0.25, 0.3) is 0 Å². The molecule has 3 aliphatic rings. The number of hydroxylamine groups is 2. The molecular weight excluding hydrogens is 304 g/mol. The molecule has 2 saturated heterocycles. The molecule has 2 heterocycles. The van der Waals surface area contributed by atoms with Gasteiger partial charge >= 0.3 is 0 Å². The minimum absolute atomic E-state index is 0.0567. The van der Waals surface area contributed by atoms with Crippen molar-refractivity contribution in [2.45, 2.75) is 65.3 Å². The van der Waals surface area contributed by atoms with Crippen molar-refractivity contribution >= 4 is 0 Å². The summed E-state index contributed by atoms with van der Waals surface area (Å²) in [6.07, 6.45) is 2.56. The van der Waals surface area contributed by atoms with Gasteiger partial charge in [-0.15, -0.1) is 0 Å². The van der Waals surface area contributed by atoms with E-state index in [1.165, 1.54) is 0 Å². The zero-order chi connectivity index (χ0) is 17.9. The Morgan fingerprint density at radius 2 is 1.88 bits per heavy atom. The van der Waals surface area contributed by atoms with Crippen LogP contribution < -0.4 is 0 Å². The van der Waals surface area contributed by atoms with Crippen LogP contribution in [0.2, 0.25) is 0 Å². The van der Waals surface area contributed by atoms with Crippen LogP contribution in [-0.4, -0.2) is 71.7 Å². The van der Waals surface area contributed by atoms with Gasteiger partial charge in [0.05, 0.1) is 12.2 Å². The molecule has 0 spiro atoms. The van der Waals surface area contributed by atoms with Crippen LogP contribution in [0, 0.1) is 23.7 Å². The number of rotatable bonds is 5. The van der Waals surface area contributed by atoms with Gasteiger partial charge in [0.25, 0.3) is 0 Å². The summed E-state index contributed by atoms with van der Waals surface area (Å²) in [6.45, 7) is 11.8. The molecule has 7 atom stereocenters. The molecule has 5 nitrogen and oxygen atoms in total. The Bertz CT molecular complexity index is 380. The maximum atomic E-state index is 10.6. The highest BCUT2D eigenvalue weighted by Crippen LogP contribution is 2.40. The van der Waals surface area contributed by atoms with E-state index in [1.54, 1.807) is 0 Å². The minimum Gasteiger partial charge on any atom is -0.393 e. The highest BCUT2D eigenvalue weighted by Gasteiger charge is 2.48. The summed E-state index contributed by atoms with van der Waals surface area (Å²) < 4.78 is 0. The summed E-state index contributed by atoms with van der Waals surface area (Å²) in [4.78, 5) is 8.48. The van der Waals surface area contributed by atoms with Crippen LogP contribution in [0.3, 0.4) is 0 Å². The molecule has 2 N–H and O–H groups in total. The lowest BCUT2D eigenvalue weighted by Crippen LogP contribution is -2.37. The number of fused-ring (bicyclic) bond motifs is 1. The van der Waals surface area contributed by atoms with Crippen LogP contribution in [0.4, 0.5) is 0 Å². The predicted octanol–water partition coefficient (Wildman–Crippen LogP) is 1.98. The molecule has 5 heteroatoms. The van der Waals surface area contributed by atoms with Gasteiger partial charge in [-0.2, -0.15) is 5.06 Å². The van der Waals surface area contributed by atoms with Crippen LogP contribution in [-0.2, 0) is 4.84 Å². The Morgan fingerprint density at radius 3 is 2.46 bits per heavy atom. The third-order valence-electron chi connectivity index (χ3n) is 6.05. The fourth-order valence-corrected chi connectivity index (χ4v) is 4.93. The lowest BCUT2D eigenvalue weighted by molar-refractivity contribution is -0.211. The van der Waals surface area contributed by atoms with E-state index in [9.17, 15) is 10.2 Å². The van der Waals surface area contributed by atoms with Crippen molar-refractivity contribution in [3.05, 3.63) is 0 Å². The first-order chi connectivity index (χ1) is 11.5. The summed E-state index contributed by atoms with van der Waals surface area (Å²) in [7, 11) is 2.13. The van der Waals surface area contributed by atoms with Gasteiger partial charge in [0.1, 0.15) is 6.10 Å². The van der Waals surface area contributed by atoms with Gasteiger partial charge in [0.2, 0.25) is 0 Å². The molecule has 142 valence electrons. The molecular formula is C19H38N2O3. The third kappa shape index (κ3) is 4.31. The molecule has 0 aromatic rings. The van der Waals surface area contributed by atoms with E-state index in [4.69, 9.17) is 4.84 Å². The Kier molecular flexibility index (Phi) is 7.50. The van der Waals surface area contributed by atoms with Gasteiger partial charge in [0, 0.05) is 38.0 Å². The zero-order valence-corrected chi connectivity index (χ0v) is 16.2. The molecule has 7 unspecified atom stereocenters. The molecule has 0 radical (unpaired) electrons. The SMILES string of the molecule is CC.CCCC1CN(OC2CC3CN(C)CC3C2O)CC1C(C)O. The minimum atomic E-state index is -0.342. The second kappa shape index (κ2) is 8.95. The fraction of sp³-hybridized carbons (Fsp3) is 1.00. The Morgan fingerprint density at radius 1 is 1.17 bits per heavy atom. The van der Waals surface area contributed by atoms with E-state index < -0.39 is 0 Å². The summed E-state index contributed by atoms with van der Waals surface area (Å²) in [6, 6.07) is 0. The van der Waals surface area contributed by atoms with Gasteiger partial charge in [-0.3, -0.25) is 4.84 Å². The van der Waals surface area contributed by atoms with Crippen molar-refractivity contribution in [2.24, 2.45) is 23.7 Å². The zero-order valence-electron chi connectivity index (χ0n) is 16.2. The van der Waals surface area contributed by atoms with E-state index in [0.717, 1.165) is 45.4 Å². The van der Waals surface area contributed by atoms with E-state index in [1.807, 2.05) is 25.8 Å². The first kappa shape index (κ1) is 20.1. The lowest BCUT2D eigenvalue weighted by Gasteiger charge is -2.25. The maximum Gasteiger partial charge on any atom is 0.106 e. The fourth-order valence-electron chi connectivity index (χ4n) is 4.93. The number of aliphatic hydroxyl groups is 2. The Labute approximate surface area is 147 Å². The van der Waals surface area contributed by atoms with Crippen molar-refractivity contribution in [1.82, 2.24) is 9.96 Å². The molecule has 1 aliphatic carbocycles. The average molecular weight is 343 g/mol. The molecule has 3 rings (SSSR count). The van der Waals surface area contributed by atoms with E-state index >= 15 is 0 Å². The van der Waals surface area contributed by atoms with Gasteiger partial charge in [-0.1, -0.05) is 27.2 Å². The van der Waals surface area contributed by atoms with Crippen molar-refractivity contribution in [2.75, 3.05) is 33.2 Å². The molecule has 1 saturated carbocycles. The van der Waals surface area contributed by atoms with Crippen LogP contribution in [0.5, 0.6) is 0 Å². The predicted molar refractivity (Wildman–Crippen MR) is 96.5 cm³/mol. The highest BCUT2D eigenvalue weighted by molar-refractivity contribution is 4.98. The normalized spacial score (nSPS) is 41.1. The maximum absolute atomic E-state index is 10.6. The average Bonchev–Trinajstić information content (AvgIpc) is 3.18. The van der Waals surface area contributed by atoms with Crippen LogP contribution >= 0.6 is 0 Å². The first-order valence-corrected chi connectivity index (χ1v) is 9.96. The second-order valence-corrected chi connectivity index (χ2v) is 7.82. The van der Waals surface area contributed by atoms with E-state index in [0.29, 0.717) is 23.7 Å². The topological polar surface area (TPSA) is 56.2 Å². The number of hydrogen-bond donors (Lipinski definition) is 2. The van der Waals surface area contributed by atoms with Gasteiger partial charge in [-0.25, -0.2) is 0 Å². The summed E-state index contributed by atoms with van der Waals surface area (Å²) in [5.41, 5.74) is 0. The number of nitrogens with zero attached hydrogens (tertiary/aromatic N) is 2. The number of aliphatic hydroxyl groups excluding tert-OH is 2. The summed E-state index contributed by atoms with van der Waals surface area (Å²) >= 11 is 0. The number of hydrogen-bond acceptors (Lipinski definition) is 5. The molecule has 0 aromatic heterocycles. The quantitative estimate of drug-likeness (QED) is 0.800. The van der Waals surface area contributed by atoms with Crippen LogP contribution in [0.15, 0.2) is 0 Å². The summed E-state index contributed by atoms with van der Waals surface area (Å²) in [5, 5.41) is 22.6. The third-order valence-corrected chi connectivity index (χ3v) is 6.05. The van der Waals surface area contributed by atoms with Crippen molar-refractivity contribution in [3.8, 4) is 0 Å². The second-order valence-electron chi connectivity index (χ2n) is 7.82. The standard InChI is InChI=1S/C17H32N2O3.C2H6/c1-4-5-12-8-19(10-14(12)11(2)20)22-16-6-13-7-18(3)9-15(13)17(16)21;1-2/h11-17,20-21H,4-10H2,1-3H3;1-2H3. The molecule has 0 bridgehead atoms. The molecule has 2 aliphatic heterocycles. The first-order valence-electron chi connectivity index (χ1n) is 9.96. The summed E-state index contributed by atoms with van der Waals surface area (Å²) in [5.74, 6) is 1.75. The number of likely N-dealkylation sites (tertiary alicyclic amines) is 1. The lowest BCUT2D eigenvalue weighted by atomic mass is 9.88. The molecule has 0 aromatic carbocycles. The molecule has 3 fully saturated rings. The highest BCUT2D eigenvalue weighted by atomic mass is 16.7.